The quantitative estimate of drug-likeness (QED) is 0.188. The van der Waals surface area contributed by atoms with E-state index in [-0.39, 0.29) is 0 Å². The summed E-state index contributed by atoms with van der Waals surface area (Å²) in [6.07, 6.45) is 0. The molecule has 0 fully saturated rings. The van der Waals surface area contributed by atoms with Gasteiger partial charge in [0.2, 0.25) is 5.95 Å². The maximum Gasteiger partial charge on any atom is 0.236 e. The van der Waals surface area contributed by atoms with Crippen molar-refractivity contribution >= 4 is 98.5 Å². The second-order valence-corrected chi connectivity index (χ2v) is 13.3. The molecule has 0 saturated carbocycles. The summed E-state index contributed by atoms with van der Waals surface area (Å²) in [5, 5.41) is 10.1. The van der Waals surface area contributed by atoms with Gasteiger partial charge in [0.05, 0.1) is 11.0 Å². The van der Waals surface area contributed by atoms with Crippen LogP contribution in [-0.2, 0) is 0 Å². The maximum atomic E-state index is 6.54. The highest BCUT2D eigenvalue weighted by atomic mass is 16.3. The molecule has 1 aliphatic rings. The largest absolute Gasteiger partial charge is 0.456 e. The fraction of sp³-hybridized carbons (Fsp3) is 0. The third kappa shape index (κ3) is 2.93. The standard InChI is InChI=1S/C44H21N3O3/c1-3-12-31-24(8-1)25-17-15-23(21-35(25)48-31)41-43-42(28-9-2-4-13-32(28)50-43)46-44(45-41)47-29-18-16-22-7-5-10-26-27-11-6-14-33-37(27)40-34(49-33)20-19-30(47)39(40)38(29)36(22)26/h1-21H. The van der Waals surface area contributed by atoms with Crippen molar-refractivity contribution in [2.24, 2.45) is 0 Å². The number of fused-ring (bicyclic) bond motifs is 7. The van der Waals surface area contributed by atoms with Gasteiger partial charge in [0.25, 0.3) is 0 Å². The molecule has 0 N–H and O–H groups in total. The molecule has 6 heteroatoms. The van der Waals surface area contributed by atoms with Crippen molar-refractivity contribution in [1.29, 1.82) is 0 Å². The summed E-state index contributed by atoms with van der Waals surface area (Å²) in [6.45, 7) is 0. The summed E-state index contributed by atoms with van der Waals surface area (Å²) >= 11 is 0. The van der Waals surface area contributed by atoms with E-state index in [1.54, 1.807) is 0 Å². The van der Waals surface area contributed by atoms with Gasteiger partial charge in [0.1, 0.15) is 39.1 Å². The summed E-state index contributed by atoms with van der Waals surface area (Å²) in [5.74, 6) is 0.577. The molecule has 0 radical (unpaired) electrons. The Balaban J connectivity index is 1.20. The smallest absolute Gasteiger partial charge is 0.236 e. The minimum Gasteiger partial charge on any atom is -0.456 e. The zero-order valence-corrected chi connectivity index (χ0v) is 26.2. The van der Waals surface area contributed by atoms with Gasteiger partial charge in [-0.1, -0.05) is 72.8 Å². The molecule has 0 bridgehead atoms. The normalized spacial score (nSPS) is 12.8. The van der Waals surface area contributed by atoms with Crippen molar-refractivity contribution < 1.29 is 13.3 Å². The zero-order chi connectivity index (χ0) is 32.2. The van der Waals surface area contributed by atoms with Gasteiger partial charge in [0, 0.05) is 43.3 Å². The number of aromatic nitrogens is 3. The number of furan rings is 3. The Morgan fingerprint density at radius 2 is 1.12 bits per heavy atom. The zero-order valence-electron chi connectivity index (χ0n) is 26.2. The predicted octanol–water partition coefficient (Wildman–Crippen LogP) is 12.1. The van der Waals surface area contributed by atoms with Crippen LogP contribution in [0.4, 0.5) is 0 Å². The van der Waals surface area contributed by atoms with Gasteiger partial charge in [-0.25, -0.2) is 9.97 Å². The molecule has 0 atom stereocenters. The Kier molecular flexibility index (Phi) is 4.30. The van der Waals surface area contributed by atoms with Crippen molar-refractivity contribution in [1.82, 2.24) is 14.5 Å². The lowest BCUT2D eigenvalue weighted by molar-refractivity contribution is 0.666. The highest BCUT2D eigenvalue weighted by Crippen LogP contribution is 2.51. The third-order valence-electron chi connectivity index (χ3n) is 10.7. The van der Waals surface area contributed by atoms with Crippen LogP contribution in [0.1, 0.15) is 0 Å². The lowest BCUT2D eigenvalue weighted by Crippen LogP contribution is -2.03. The number of nitrogens with zero attached hydrogens (tertiary/aromatic N) is 3. The molecule has 7 aromatic carbocycles. The first kappa shape index (κ1) is 25.1. The highest BCUT2D eigenvalue weighted by Gasteiger charge is 2.28. The third-order valence-corrected chi connectivity index (χ3v) is 10.7. The van der Waals surface area contributed by atoms with Crippen LogP contribution in [-0.4, -0.2) is 14.5 Å². The second-order valence-electron chi connectivity index (χ2n) is 13.3. The molecule has 5 heterocycles. The number of benzene rings is 7. The molecule has 5 aromatic heterocycles. The molecule has 50 heavy (non-hydrogen) atoms. The molecule has 12 aromatic rings. The predicted molar refractivity (Wildman–Crippen MR) is 200 cm³/mol. The Morgan fingerprint density at radius 1 is 0.440 bits per heavy atom. The minimum atomic E-state index is 0.577. The molecular formula is C44H21N3O3. The fourth-order valence-corrected chi connectivity index (χ4v) is 8.69. The average Bonchev–Trinajstić information content (AvgIpc) is 3.90. The summed E-state index contributed by atoms with van der Waals surface area (Å²) in [7, 11) is 0. The number of rotatable bonds is 2. The fourth-order valence-electron chi connectivity index (χ4n) is 8.69. The molecule has 0 unspecified atom stereocenters. The molecular weight excluding hydrogens is 619 g/mol. The first-order valence-electron chi connectivity index (χ1n) is 16.7. The van der Waals surface area contributed by atoms with Crippen LogP contribution in [0.2, 0.25) is 0 Å². The molecule has 0 aliphatic heterocycles. The van der Waals surface area contributed by atoms with Crippen LogP contribution < -0.4 is 0 Å². The van der Waals surface area contributed by atoms with Gasteiger partial charge >= 0.3 is 0 Å². The Labute approximate surface area is 281 Å². The topological polar surface area (TPSA) is 70.1 Å². The molecule has 0 amide bonds. The van der Waals surface area contributed by atoms with Crippen LogP contribution in [0, 0.1) is 0 Å². The van der Waals surface area contributed by atoms with Gasteiger partial charge in [-0.05, 0) is 76.5 Å². The van der Waals surface area contributed by atoms with Crippen molar-refractivity contribution in [3.05, 3.63) is 127 Å². The molecule has 13 rings (SSSR count). The highest BCUT2D eigenvalue weighted by molar-refractivity contribution is 6.38. The molecule has 1 aliphatic carbocycles. The van der Waals surface area contributed by atoms with Gasteiger partial charge in [-0.2, -0.15) is 0 Å². The minimum absolute atomic E-state index is 0.577. The number of hydrogen-bond donors (Lipinski definition) is 0. The maximum absolute atomic E-state index is 6.54. The second kappa shape index (κ2) is 8.56. The van der Waals surface area contributed by atoms with E-state index < -0.39 is 0 Å². The van der Waals surface area contributed by atoms with Crippen LogP contribution in [0.15, 0.2) is 141 Å². The first-order valence-corrected chi connectivity index (χ1v) is 16.7. The number of hydrogen-bond acceptors (Lipinski definition) is 5. The van der Waals surface area contributed by atoms with Gasteiger partial charge in [-0.15, -0.1) is 0 Å². The van der Waals surface area contributed by atoms with Crippen LogP contribution >= 0.6 is 0 Å². The van der Waals surface area contributed by atoms with Crippen molar-refractivity contribution in [3.8, 4) is 28.3 Å². The summed E-state index contributed by atoms with van der Waals surface area (Å²) < 4.78 is 21.6. The molecule has 0 saturated heterocycles. The van der Waals surface area contributed by atoms with Crippen molar-refractivity contribution in [2.45, 2.75) is 0 Å². The molecule has 230 valence electrons. The number of para-hydroxylation sites is 2. The summed E-state index contributed by atoms with van der Waals surface area (Å²) in [6, 6.07) is 44.1. The van der Waals surface area contributed by atoms with Crippen LogP contribution in [0.25, 0.3) is 127 Å². The van der Waals surface area contributed by atoms with Crippen LogP contribution in [0.5, 0.6) is 0 Å². The van der Waals surface area contributed by atoms with E-state index in [4.69, 9.17) is 23.2 Å². The monoisotopic (exact) mass is 639 g/mol. The van der Waals surface area contributed by atoms with Crippen LogP contribution in [0.3, 0.4) is 0 Å². The lowest BCUT2D eigenvalue weighted by Gasteiger charge is -2.11. The van der Waals surface area contributed by atoms with E-state index in [1.165, 1.54) is 27.3 Å². The first-order chi connectivity index (χ1) is 24.8. The molecule has 6 nitrogen and oxygen atoms in total. The SMILES string of the molecule is c1cc2c3c(c1)ccc1c3c3c4c(ccc3n1-c1nc(-c3ccc5c(c3)oc3ccccc35)c3oc5ccccc5c3n1)oc1cccc-2c14. The van der Waals surface area contributed by atoms with E-state index in [9.17, 15) is 0 Å². The van der Waals surface area contributed by atoms with Gasteiger partial charge < -0.3 is 13.3 Å². The van der Waals surface area contributed by atoms with Crippen molar-refractivity contribution in [2.75, 3.05) is 0 Å². The Hall–Kier alpha value is -6.92. The Morgan fingerprint density at radius 3 is 2.02 bits per heavy atom. The summed E-state index contributed by atoms with van der Waals surface area (Å²) in [5.41, 5.74) is 11.7. The van der Waals surface area contributed by atoms with Crippen molar-refractivity contribution in [3.63, 3.8) is 0 Å². The molecule has 0 spiro atoms. The average molecular weight is 640 g/mol. The lowest BCUT2D eigenvalue weighted by atomic mass is 9.95. The van der Waals surface area contributed by atoms with E-state index in [0.717, 1.165) is 82.3 Å². The summed E-state index contributed by atoms with van der Waals surface area (Å²) in [4.78, 5) is 10.7. The Bertz CT molecular complexity index is 3500. The van der Waals surface area contributed by atoms with Gasteiger partial charge in [0.15, 0.2) is 5.58 Å². The van der Waals surface area contributed by atoms with E-state index >= 15 is 0 Å². The van der Waals surface area contributed by atoms with E-state index in [1.807, 2.05) is 36.4 Å². The van der Waals surface area contributed by atoms with E-state index in [0.29, 0.717) is 17.2 Å². The van der Waals surface area contributed by atoms with Gasteiger partial charge in [-0.3, -0.25) is 4.57 Å². The van der Waals surface area contributed by atoms with E-state index in [2.05, 4.69) is 95.6 Å².